The maximum Gasteiger partial charge on any atom is 0.516 e. The summed E-state index contributed by atoms with van der Waals surface area (Å²) in [5.74, 6) is 0. The normalized spacial score (nSPS) is 12.0. The third kappa shape index (κ3) is 3.64. The fourth-order valence-electron chi connectivity index (χ4n) is 0.950. The smallest absolute Gasteiger partial charge is 0.374 e. The highest BCUT2D eigenvalue weighted by atomic mass is 28.4. The Morgan fingerprint density at radius 2 is 1.83 bits per heavy atom. The van der Waals surface area contributed by atoms with E-state index < -0.39 is 8.88 Å². The van der Waals surface area contributed by atoms with E-state index in [4.69, 9.17) is 8.85 Å². The van der Waals surface area contributed by atoms with Crippen molar-refractivity contribution in [3.8, 4) is 0 Å². The fourth-order valence-corrected chi connectivity index (χ4v) is 2.50. The van der Waals surface area contributed by atoms with Gasteiger partial charge in [0.05, 0.1) is 0 Å². The first kappa shape index (κ1) is 12.1. The summed E-state index contributed by atoms with van der Waals surface area (Å²) < 4.78 is 10.6. The maximum atomic E-state index is 5.28. The Morgan fingerprint density at radius 3 is 2.17 bits per heavy atom. The SMILES string of the molecule is CCCCN[Si](NC)(OC)OC. The molecule has 0 unspecified atom stereocenters. The predicted molar refractivity (Wildman–Crippen MR) is 51.7 cm³/mol. The molecule has 0 heterocycles. The van der Waals surface area contributed by atoms with Crippen molar-refractivity contribution >= 4 is 8.88 Å². The lowest BCUT2D eigenvalue weighted by molar-refractivity contribution is 0.217. The molecule has 0 aromatic carbocycles. The van der Waals surface area contributed by atoms with Gasteiger partial charge in [-0.15, -0.1) is 0 Å². The minimum atomic E-state index is -2.25. The predicted octanol–water partition coefficient (Wildman–Crippen LogP) is 0.324. The topological polar surface area (TPSA) is 42.5 Å². The van der Waals surface area contributed by atoms with Gasteiger partial charge >= 0.3 is 8.88 Å². The van der Waals surface area contributed by atoms with Crippen molar-refractivity contribution < 1.29 is 8.85 Å². The van der Waals surface area contributed by atoms with Gasteiger partial charge in [-0.1, -0.05) is 13.3 Å². The van der Waals surface area contributed by atoms with E-state index in [1.807, 2.05) is 7.05 Å². The van der Waals surface area contributed by atoms with Gasteiger partial charge in [-0.25, -0.2) is 0 Å². The first-order valence-electron chi connectivity index (χ1n) is 4.29. The quantitative estimate of drug-likeness (QED) is 0.450. The number of rotatable bonds is 7. The number of hydrogen-bond acceptors (Lipinski definition) is 4. The molecule has 0 aromatic rings. The van der Waals surface area contributed by atoms with Gasteiger partial charge in [0.15, 0.2) is 0 Å². The molecule has 0 saturated carbocycles. The third-order valence-corrected chi connectivity index (χ3v) is 4.32. The molecular weight excluding hydrogens is 172 g/mol. The van der Waals surface area contributed by atoms with Gasteiger partial charge in [0.2, 0.25) is 0 Å². The van der Waals surface area contributed by atoms with Crippen LogP contribution in [0.15, 0.2) is 0 Å². The molecule has 0 bridgehead atoms. The summed E-state index contributed by atoms with van der Waals surface area (Å²) in [5.41, 5.74) is 0. The van der Waals surface area contributed by atoms with Crippen LogP contribution in [-0.2, 0) is 8.85 Å². The molecule has 0 spiro atoms. The summed E-state index contributed by atoms with van der Waals surface area (Å²) in [7, 11) is 2.91. The Balaban J connectivity index is 3.76. The molecule has 0 aromatic heterocycles. The lowest BCUT2D eigenvalue weighted by atomic mass is 10.3. The van der Waals surface area contributed by atoms with Gasteiger partial charge in [0, 0.05) is 14.2 Å². The molecule has 4 nitrogen and oxygen atoms in total. The highest BCUT2D eigenvalue weighted by Gasteiger charge is 2.34. The van der Waals surface area contributed by atoms with Crippen LogP contribution >= 0.6 is 0 Å². The molecule has 5 heteroatoms. The molecule has 2 N–H and O–H groups in total. The van der Waals surface area contributed by atoms with E-state index in [1.54, 1.807) is 14.2 Å². The zero-order chi connectivity index (χ0) is 9.45. The highest BCUT2D eigenvalue weighted by Crippen LogP contribution is 1.95. The van der Waals surface area contributed by atoms with Crippen LogP contribution in [0.5, 0.6) is 0 Å². The lowest BCUT2D eigenvalue weighted by Gasteiger charge is -2.25. The Morgan fingerprint density at radius 1 is 1.25 bits per heavy atom. The van der Waals surface area contributed by atoms with Gasteiger partial charge < -0.3 is 8.85 Å². The summed E-state index contributed by atoms with van der Waals surface area (Å²) in [6.45, 7) is 3.09. The van der Waals surface area contributed by atoms with Crippen molar-refractivity contribution in [2.45, 2.75) is 19.8 Å². The monoisotopic (exact) mass is 192 g/mol. The Bertz CT molecular complexity index is 101. The number of hydrogen-bond donors (Lipinski definition) is 2. The minimum Gasteiger partial charge on any atom is -0.374 e. The Hall–Kier alpha value is 0.0569. The average molecular weight is 192 g/mol. The molecule has 0 aliphatic heterocycles. The minimum absolute atomic E-state index is 0.936. The van der Waals surface area contributed by atoms with Gasteiger partial charge in [0.1, 0.15) is 0 Å². The van der Waals surface area contributed by atoms with Crippen LogP contribution in [0.3, 0.4) is 0 Å². The molecule has 0 aliphatic rings. The molecule has 0 fully saturated rings. The summed E-state index contributed by atoms with van der Waals surface area (Å²) in [5, 5.41) is 0. The second-order valence-corrected chi connectivity index (χ2v) is 5.46. The molecule has 0 amide bonds. The van der Waals surface area contributed by atoms with Crippen molar-refractivity contribution in [2.75, 3.05) is 27.8 Å². The van der Waals surface area contributed by atoms with Crippen molar-refractivity contribution in [1.82, 2.24) is 9.96 Å². The van der Waals surface area contributed by atoms with Gasteiger partial charge in [-0.3, -0.25) is 9.96 Å². The molecule has 0 atom stereocenters. The van der Waals surface area contributed by atoms with Crippen molar-refractivity contribution in [3.05, 3.63) is 0 Å². The Labute approximate surface area is 76.0 Å². The average Bonchev–Trinajstić information content (AvgIpc) is 2.14. The van der Waals surface area contributed by atoms with Crippen LogP contribution in [0.25, 0.3) is 0 Å². The third-order valence-electron chi connectivity index (χ3n) is 1.79. The van der Waals surface area contributed by atoms with E-state index in [9.17, 15) is 0 Å². The van der Waals surface area contributed by atoms with E-state index in [-0.39, 0.29) is 0 Å². The zero-order valence-electron chi connectivity index (χ0n) is 8.44. The van der Waals surface area contributed by atoms with E-state index >= 15 is 0 Å². The van der Waals surface area contributed by atoms with Crippen molar-refractivity contribution in [2.24, 2.45) is 0 Å². The highest BCUT2D eigenvalue weighted by molar-refractivity contribution is 6.61. The summed E-state index contributed by atoms with van der Waals surface area (Å²) >= 11 is 0. The van der Waals surface area contributed by atoms with Crippen LogP contribution in [0, 0.1) is 0 Å². The van der Waals surface area contributed by atoms with Gasteiger partial charge in [-0.2, -0.15) is 0 Å². The standard InChI is InChI=1S/C7H20N2O2Si/c1-5-6-7-9-12(8-2,10-3)11-4/h8-9H,5-7H2,1-4H3. The second-order valence-electron chi connectivity index (χ2n) is 2.56. The number of nitrogens with one attached hydrogen (secondary N) is 2. The summed E-state index contributed by atoms with van der Waals surface area (Å²) in [6, 6.07) is 0. The molecule has 0 aliphatic carbocycles. The molecule has 0 radical (unpaired) electrons. The summed E-state index contributed by atoms with van der Waals surface area (Å²) in [4.78, 5) is 6.32. The van der Waals surface area contributed by atoms with Gasteiger partial charge in [-0.05, 0) is 20.0 Å². The van der Waals surface area contributed by atoms with Crippen LogP contribution in [0.2, 0.25) is 0 Å². The first-order chi connectivity index (χ1) is 5.74. The molecule has 12 heavy (non-hydrogen) atoms. The van der Waals surface area contributed by atoms with Crippen molar-refractivity contribution in [1.29, 1.82) is 0 Å². The molecule has 0 saturated heterocycles. The van der Waals surface area contributed by atoms with Gasteiger partial charge in [0.25, 0.3) is 0 Å². The lowest BCUT2D eigenvalue weighted by Crippen LogP contribution is -2.65. The molecule has 74 valence electrons. The number of unbranched alkanes of at least 4 members (excludes halogenated alkanes) is 1. The fraction of sp³-hybridized carbons (Fsp3) is 1.00. The van der Waals surface area contributed by atoms with E-state index in [2.05, 4.69) is 16.9 Å². The van der Waals surface area contributed by atoms with E-state index in [0.29, 0.717) is 0 Å². The van der Waals surface area contributed by atoms with Crippen LogP contribution in [0.4, 0.5) is 0 Å². The summed E-state index contributed by atoms with van der Waals surface area (Å²) in [6.07, 6.45) is 2.32. The molecular formula is C7H20N2O2Si. The first-order valence-corrected chi connectivity index (χ1v) is 6.10. The molecule has 0 rings (SSSR count). The van der Waals surface area contributed by atoms with Crippen LogP contribution < -0.4 is 9.96 Å². The van der Waals surface area contributed by atoms with E-state index in [0.717, 1.165) is 13.0 Å². The zero-order valence-corrected chi connectivity index (χ0v) is 9.44. The van der Waals surface area contributed by atoms with Crippen molar-refractivity contribution in [3.63, 3.8) is 0 Å². The van der Waals surface area contributed by atoms with Crippen LogP contribution in [0.1, 0.15) is 19.8 Å². The Kier molecular flexibility index (Phi) is 6.59. The second kappa shape index (κ2) is 6.56. The van der Waals surface area contributed by atoms with Crippen LogP contribution in [-0.4, -0.2) is 36.7 Å². The maximum absolute atomic E-state index is 5.28. The largest absolute Gasteiger partial charge is 0.516 e. The van der Waals surface area contributed by atoms with E-state index in [1.165, 1.54) is 6.42 Å².